The first kappa shape index (κ1) is 21.8. The van der Waals surface area contributed by atoms with Crippen LogP contribution in [0.3, 0.4) is 0 Å². The molecule has 0 spiro atoms. The SMILES string of the molecule is CC(Oc1cccc(-c2ccc(-c3nc4c(c(=O)[nH]3)NNN4)c(OC3CCCC3)c2)c1)C(=O)O. The van der Waals surface area contributed by atoms with Crippen molar-refractivity contribution >= 4 is 17.5 Å². The van der Waals surface area contributed by atoms with E-state index in [1.165, 1.54) is 6.92 Å². The number of nitrogens with zero attached hydrogens (tertiary/aromatic N) is 1. The van der Waals surface area contributed by atoms with E-state index in [0.717, 1.165) is 36.8 Å². The molecular formula is C24H25N5O5. The van der Waals surface area contributed by atoms with Crippen LogP contribution in [-0.2, 0) is 4.79 Å². The van der Waals surface area contributed by atoms with E-state index in [4.69, 9.17) is 14.6 Å². The number of anilines is 2. The van der Waals surface area contributed by atoms with Gasteiger partial charge in [0.2, 0.25) is 0 Å². The average Bonchev–Trinajstić information content (AvgIpc) is 3.51. The van der Waals surface area contributed by atoms with Crippen molar-refractivity contribution in [1.82, 2.24) is 15.5 Å². The maximum absolute atomic E-state index is 12.5. The van der Waals surface area contributed by atoms with E-state index in [9.17, 15) is 9.59 Å². The summed E-state index contributed by atoms with van der Waals surface area (Å²) in [4.78, 5) is 31.0. The van der Waals surface area contributed by atoms with Crippen LogP contribution >= 0.6 is 0 Å². The zero-order chi connectivity index (χ0) is 23.7. The Bertz CT molecular complexity index is 1280. The molecule has 0 saturated heterocycles. The Hall–Kier alpha value is -4.05. The van der Waals surface area contributed by atoms with Crippen molar-refractivity contribution in [2.75, 3.05) is 10.9 Å². The highest BCUT2D eigenvalue weighted by atomic mass is 16.5. The lowest BCUT2D eigenvalue weighted by molar-refractivity contribution is -0.144. The molecule has 1 unspecified atom stereocenters. The van der Waals surface area contributed by atoms with Gasteiger partial charge in [0.1, 0.15) is 17.3 Å². The summed E-state index contributed by atoms with van der Waals surface area (Å²) in [7, 11) is 0. The van der Waals surface area contributed by atoms with Crippen molar-refractivity contribution in [3.63, 3.8) is 0 Å². The van der Waals surface area contributed by atoms with Crippen LogP contribution in [0.4, 0.5) is 11.5 Å². The van der Waals surface area contributed by atoms with Crippen molar-refractivity contribution in [2.45, 2.75) is 44.8 Å². The van der Waals surface area contributed by atoms with E-state index >= 15 is 0 Å². The molecule has 1 aliphatic heterocycles. The molecule has 1 saturated carbocycles. The molecule has 2 aromatic carbocycles. The highest BCUT2D eigenvalue weighted by Crippen LogP contribution is 2.37. The molecule has 3 aromatic rings. The third-order valence-electron chi connectivity index (χ3n) is 5.95. The van der Waals surface area contributed by atoms with Gasteiger partial charge in [-0.05, 0) is 68.0 Å². The number of aliphatic carboxylic acids is 1. The molecule has 176 valence electrons. The van der Waals surface area contributed by atoms with Crippen LogP contribution in [-0.4, -0.2) is 33.3 Å². The number of hydrogen-bond acceptors (Lipinski definition) is 8. The number of nitrogens with one attached hydrogen (secondary N) is 4. The highest BCUT2D eigenvalue weighted by Gasteiger charge is 2.22. The number of H-pyrrole nitrogens is 1. The molecule has 0 radical (unpaired) electrons. The van der Waals surface area contributed by atoms with Gasteiger partial charge in [0.05, 0.1) is 11.7 Å². The van der Waals surface area contributed by atoms with E-state index in [1.54, 1.807) is 12.1 Å². The third-order valence-corrected chi connectivity index (χ3v) is 5.95. The summed E-state index contributed by atoms with van der Waals surface area (Å²) in [5, 5.41) is 9.13. The van der Waals surface area contributed by atoms with Gasteiger partial charge < -0.3 is 19.6 Å². The minimum atomic E-state index is -1.03. The Kier molecular flexibility index (Phi) is 5.81. The highest BCUT2D eigenvalue weighted by molar-refractivity contribution is 5.76. The third kappa shape index (κ3) is 4.40. The summed E-state index contributed by atoms with van der Waals surface area (Å²) >= 11 is 0. The number of carboxylic acids is 1. The van der Waals surface area contributed by atoms with Crippen molar-refractivity contribution in [2.24, 2.45) is 0 Å². The second-order valence-electron chi connectivity index (χ2n) is 8.37. The summed E-state index contributed by atoms with van der Waals surface area (Å²) in [6.45, 7) is 1.49. The lowest BCUT2D eigenvalue weighted by Crippen LogP contribution is -2.22. The van der Waals surface area contributed by atoms with Crippen LogP contribution in [0.5, 0.6) is 11.5 Å². The number of benzene rings is 2. The Labute approximate surface area is 195 Å². The zero-order valence-electron chi connectivity index (χ0n) is 18.6. The van der Waals surface area contributed by atoms with E-state index in [-0.39, 0.29) is 11.7 Å². The maximum atomic E-state index is 12.5. The quantitative estimate of drug-likeness (QED) is 0.356. The van der Waals surface area contributed by atoms with Gasteiger partial charge in [-0.1, -0.05) is 18.2 Å². The second kappa shape index (κ2) is 9.06. The largest absolute Gasteiger partial charge is 0.490 e. The molecule has 1 atom stereocenters. The number of aromatic amines is 1. The predicted molar refractivity (Wildman–Crippen MR) is 127 cm³/mol. The van der Waals surface area contributed by atoms with Gasteiger partial charge in [-0.15, -0.1) is 5.53 Å². The minimum Gasteiger partial charge on any atom is -0.490 e. The first-order valence-electron chi connectivity index (χ1n) is 11.2. The number of aromatic nitrogens is 2. The summed E-state index contributed by atoms with van der Waals surface area (Å²) < 4.78 is 11.9. The molecule has 2 aliphatic rings. The fourth-order valence-corrected chi connectivity index (χ4v) is 4.14. The Morgan fingerprint density at radius 2 is 1.91 bits per heavy atom. The minimum absolute atomic E-state index is 0.0997. The molecule has 34 heavy (non-hydrogen) atoms. The predicted octanol–water partition coefficient (Wildman–Crippen LogP) is 3.53. The normalized spacial score (nSPS) is 15.8. The van der Waals surface area contributed by atoms with Crippen LogP contribution in [0.1, 0.15) is 32.6 Å². The van der Waals surface area contributed by atoms with Crippen molar-refractivity contribution in [1.29, 1.82) is 0 Å². The number of ether oxygens (including phenoxy) is 2. The molecule has 1 aromatic heterocycles. The Balaban J connectivity index is 1.53. The molecule has 1 aliphatic carbocycles. The van der Waals surface area contributed by atoms with Gasteiger partial charge in [-0.2, -0.15) is 0 Å². The van der Waals surface area contributed by atoms with E-state index in [2.05, 4.69) is 26.4 Å². The first-order chi connectivity index (χ1) is 16.5. The van der Waals surface area contributed by atoms with Crippen molar-refractivity contribution in [3.8, 4) is 34.0 Å². The van der Waals surface area contributed by atoms with Crippen LogP contribution in [0, 0.1) is 0 Å². The monoisotopic (exact) mass is 463 g/mol. The van der Waals surface area contributed by atoms with Gasteiger partial charge >= 0.3 is 5.97 Å². The second-order valence-corrected chi connectivity index (χ2v) is 8.37. The average molecular weight is 463 g/mol. The number of hydrogen-bond donors (Lipinski definition) is 5. The Morgan fingerprint density at radius 1 is 1.12 bits per heavy atom. The van der Waals surface area contributed by atoms with Crippen LogP contribution < -0.4 is 31.4 Å². The number of fused-ring (bicyclic) bond motifs is 1. The lowest BCUT2D eigenvalue weighted by Gasteiger charge is -2.18. The van der Waals surface area contributed by atoms with Gasteiger partial charge in [0.15, 0.2) is 17.6 Å². The van der Waals surface area contributed by atoms with E-state index in [0.29, 0.717) is 34.4 Å². The smallest absolute Gasteiger partial charge is 0.344 e. The molecule has 0 amide bonds. The van der Waals surface area contributed by atoms with E-state index < -0.39 is 12.1 Å². The standard InChI is InChI=1S/C24H25N5O5/c1-13(24(31)32)33-17-8-4-5-14(11-17)15-9-10-18(19(12-15)34-16-6-2-3-7-16)21-25-22-20(23(30)26-21)27-29-28-22/h4-5,8-13,16,27,29H,2-3,6-7H2,1H3,(H,31,32)(H2,25,26,28,30). The topological polar surface area (TPSA) is 138 Å². The van der Waals surface area contributed by atoms with Crippen molar-refractivity contribution < 1.29 is 19.4 Å². The molecule has 5 rings (SSSR count). The summed E-state index contributed by atoms with van der Waals surface area (Å²) in [5.74, 6) is 0.862. The summed E-state index contributed by atoms with van der Waals surface area (Å²) in [5.41, 5.74) is 10.6. The lowest BCUT2D eigenvalue weighted by atomic mass is 10.0. The van der Waals surface area contributed by atoms with Crippen LogP contribution in [0.15, 0.2) is 47.3 Å². The molecule has 1 fully saturated rings. The number of carboxylic acid groups (broad SMARTS) is 1. The van der Waals surface area contributed by atoms with Gasteiger partial charge in [-0.25, -0.2) is 9.78 Å². The first-order valence-corrected chi connectivity index (χ1v) is 11.2. The molecule has 10 nitrogen and oxygen atoms in total. The van der Waals surface area contributed by atoms with Crippen molar-refractivity contribution in [3.05, 3.63) is 52.8 Å². The summed E-state index contributed by atoms with van der Waals surface area (Å²) in [6, 6.07) is 13.0. The van der Waals surface area contributed by atoms with Gasteiger partial charge in [0, 0.05) is 0 Å². The molecule has 0 bridgehead atoms. The van der Waals surface area contributed by atoms with E-state index in [1.807, 2.05) is 30.3 Å². The molecular weight excluding hydrogens is 438 g/mol. The summed E-state index contributed by atoms with van der Waals surface area (Å²) in [6.07, 6.45) is 3.33. The zero-order valence-corrected chi connectivity index (χ0v) is 18.6. The number of rotatable bonds is 7. The number of hydrazine groups is 2. The van der Waals surface area contributed by atoms with Gasteiger partial charge in [0.25, 0.3) is 5.56 Å². The Morgan fingerprint density at radius 3 is 2.71 bits per heavy atom. The van der Waals surface area contributed by atoms with Crippen LogP contribution in [0.25, 0.3) is 22.5 Å². The number of carbonyl (C=O) groups is 1. The fourth-order valence-electron chi connectivity index (χ4n) is 4.14. The molecule has 10 heteroatoms. The molecule has 5 N–H and O–H groups in total. The fraction of sp³-hybridized carbons (Fsp3) is 0.292. The van der Waals surface area contributed by atoms with Gasteiger partial charge in [-0.3, -0.25) is 15.6 Å². The maximum Gasteiger partial charge on any atom is 0.344 e. The van der Waals surface area contributed by atoms with Crippen LogP contribution in [0.2, 0.25) is 0 Å². The molecule has 2 heterocycles.